The van der Waals surface area contributed by atoms with Crippen molar-refractivity contribution in [2.24, 2.45) is 0 Å². The summed E-state index contributed by atoms with van der Waals surface area (Å²) in [6.45, 7) is 0.204. The number of hydrogen-bond acceptors (Lipinski definition) is 4. The van der Waals surface area contributed by atoms with E-state index in [4.69, 9.17) is 5.11 Å². The molecule has 0 radical (unpaired) electrons. The quantitative estimate of drug-likeness (QED) is 0.725. The Morgan fingerprint density at radius 2 is 2.11 bits per heavy atom. The van der Waals surface area contributed by atoms with Crippen molar-refractivity contribution in [3.8, 4) is 0 Å². The van der Waals surface area contributed by atoms with E-state index in [1.165, 1.54) is 24.5 Å². The molecule has 0 aliphatic carbocycles. The Morgan fingerprint density at radius 1 is 1.33 bits per heavy atom. The molecule has 0 atom stereocenters. The van der Waals surface area contributed by atoms with E-state index in [-0.39, 0.29) is 23.6 Å². The lowest BCUT2D eigenvalue weighted by Gasteiger charge is -2.03. The van der Waals surface area contributed by atoms with E-state index in [2.05, 4.69) is 20.5 Å². The van der Waals surface area contributed by atoms with Gasteiger partial charge in [-0.15, -0.1) is 0 Å². The number of nitrogens with one attached hydrogen (secondary N) is 2. The maximum absolute atomic E-state index is 11.7. The van der Waals surface area contributed by atoms with E-state index in [0.29, 0.717) is 5.82 Å². The van der Waals surface area contributed by atoms with Gasteiger partial charge in [-0.05, 0) is 18.2 Å². The number of nitrogens with zero attached hydrogens (tertiary/aromatic N) is 2. The van der Waals surface area contributed by atoms with Crippen LogP contribution in [0.1, 0.15) is 26.5 Å². The van der Waals surface area contributed by atoms with Gasteiger partial charge in [0.25, 0.3) is 5.91 Å². The highest BCUT2D eigenvalue weighted by molar-refractivity contribution is 5.97. The average molecular weight is 246 g/mol. The average Bonchev–Trinajstić information content (AvgIpc) is 2.89. The highest BCUT2D eigenvalue weighted by Gasteiger charge is 2.09. The van der Waals surface area contributed by atoms with E-state index in [1.54, 1.807) is 6.07 Å². The van der Waals surface area contributed by atoms with Crippen LogP contribution in [0, 0.1) is 0 Å². The van der Waals surface area contributed by atoms with Crippen molar-refractivity contribution in [3.05, 3.63) is 47.5 Å². The molecule has 0 aliphatic rings. The van der Waals surface area contributed by atoms with E-state index < -0.39 is 5.97 Å². The molecule has 0 unspecified atom stereocenters. The summed E-state index contributed by atoms with van der Waals surface area (Å²) in [5.74, 6) is -0.910. The van der Waals surface area contributed by atoms with Crippen LogP contribution < -0.4 is 5.32 Å². The second kappa shape index (κ2) is 5.09. The molecule has 1 aromatic carbocycles. The Hall–Kier alpha value is -2.70. The van der Waals surface area contributed by atoms with Crippen molar-refractivity contribution in [2.75, 3.05) is 0 Å². The number of carboxylic acid groups (broad SMARTS) is 1. The van der Waals surface area contributed by atoms with Gasteiger partial charge in [0.15, 0.2) is 0 Å². The fourth-order valence-electron chi connectivity index (χ4n) is 1.38. The fourth-order valence-corrected chi connectivity index (χ4v) is 1.38. The number of aromatic nitrogens is 3. The van der Waals surface area contributed by atoms with Crippen LogP contribution in [0.15, 0.2) is 30.6 Å². The first-order chi connectivity index (χ1) is 8.66. The second-order valence-electron chi connectivity index (χ2n) is 3.50. The Bertz CT molecular complexity index is 565. The third-order valence-electron chi connectivity index (χ3n) is 2.25. The molecule has 18 heavy (non-hydrogen) atoms. The third-order valence-corrected chi connectivity index (χ3v) is 2.25. The lowest BCUT2D eigenvalue weighted by Crippen LogP contribution is -2.23. The number of hydrogen-bond donors (Lipinski definition) is 3. The van der Waals surface area contributed by atoms with Crippen LogP contribution in [-0.2, 0) is 6.54 Å². The van der Waals surface area contributed by atoms with E-state index in [1.807, 2.05) is 0 Å². The standard InChI is InChI=1S/C11H10N4O3/c16-10(12-5-9-13-6-14-15-9)7-2-1-3-8(4-7)11(17)18/h1-4,6H,5H2,(H,12,16)(H,17,18)(H,13,14,15). The molecule has 0 spiro atoms. The molecule has 1 heterocycles. The van der Waals surface area contributed by atoms with Gasteiger partial charge in [0, 0.05) is 5.56 Å². The normalized spacial score (nSPS) is 10.0. The number of carboxylic acids is 1. The van der Waals surface area contributed by atoms with Gasteiger partial charge in [-0.1, -0.05) is 6.07 Å². The predicted octanol–water partition coefficient (Wildman–Crippen LogP) is 0.433. The van der Waals surface area contributed by atoms with Gasteiger partial charge in [-0.25, -0.2) is 9.78 Å². The van der Waals surface area contributed by atoms with Crippen molar-refractivity contribution >= 4 is 11.9 Å². The molecule has 0 bridgehead atoms. The summed E-state index contributed by atoms with van der Waals surface area (Å²) in [5.41, 5.74) is 0.358. The van der Waals surface area contributed by atoms with Crippen molar-refractivity contribution in [1.29, 1.82) is 0 Å². The van der Waals surface area contributed by atoms with Crippen LogP contribution >= 0.6 is 0 Å². The molecule has 0 aliphatic heterocycles. The Kier molecular flexibility index (Phi) is 3.33. The first-order valence-electron chi connectivity index (χ1n) is 5.12. The monoisotopic (exact) mass is 246 g/mol. The summed E-state index contributed by atoms with van der Waals surface area (Å²) in [7, 11) is 0. The Labute approximate surface area is 102 Å². The van der Waals surface area contributed by atoms with Crippen molar-refractivity contribution in [1.82, 2.24) is 20.5 Å². The molecule has 7 nitrogen and oxygen atoms in total. The van der Waals surface area contributed by atoms with Gasteiger partial charge >= 0.3 is 5.97 Å². The minimum Gasteiger partial charge on any atom is -0.478 e. The van der Waals surface area contributed by atoms with Gasteiger partial charge in [0.1, 0.15) is 12.2 Å². The molecule has 2 aromatic rings. The van der Waals surface area contributed by atoms with Gasteiger partial charge < -0.3 is 10.4 Å². The number of aromatic carboxylic acids is 1. The first-order valence-corrected chi connectivity index (χ1v) is 5.12. The smallest absolute Gasteiger partial charge is 0.335 e. The molecular weight excluding hydrogens is 236 g/mol. The highest BCUT2D eigenvalue weighted by Crippen LogP contribution is 2.05. The van der Waals surface area contributed by atoms with Crippen LogP contribution in [-0.4, -0.2) is 32.2 Å². The lowest BCUT2D eigenvalue weighted by molar-refractivity contribution is 0.0697. The van der Waals surface area contributed by atoms with Crippen LogP contribution in [0.2, 0.25) is 0 Å². The zero-order valence-corrected chi connectivity index (χ0v) is 9.25. The Balaban J connectivity index is 2.04. The van der Waals surface area contributed by atoms with Crippen molar-refractivity contribution < 1.29 is 14.7 Å². The Morgan fingerprint density at radius 3 is 2.78 bits per heavy atom. The molecule has 3 N–H and O–H groups in total. The molecule has 0 saturated heterocycles. The molecule has 92 valence electrons. The molecule has 1 amide bonds. The van der Waals surface area contributed by atoms with E-state index >= 15 is 0 Å². The largest absolute Gasteiger partial charge is 0.478 e. The van der Waals surface area contributed by atoms with Gasteiger partial charge in [-0.2, -0.15) is 5.10 Å². The molecule has 0 saturated carbocycles. The maximum Gasteiger partial charge on any atom is 0.335 e. The van der Waals surface area contributed by atoms with Crippen LogP contribution in [0.5, 0.6) is 0 Å². The van der Waals surface area contributed by atoms with Crippen molar-refractivity contribution in [2.45, 2.75) is 6.54 Å². The number of rotatable bonds is 4. The third kappa shape index (κ3) is 2.70. The molecule has 1 aromatic heterocycles. The minimum absolute atomic E-state index is 0.0716. The van der Waals surface area contributed by atoms with Gasteiger partial charge in [0.05, 0.1) is 12.1 Å². The van der Waals surface area contributed by atoms with E-state index in [9.17, 15) is 9.59 Å². The van der Waals surface area contributed by atoms with Crippen LogP contribution in [0.3, 0.4) is 0 Å². The van der Waals surface area contributed by atoms with Gasteiger partial charge in [-0.3, -0.25) is 9.89 Å². The number of aromatic amines is 1. The number of carbonyl (C=O) groups is 2. The molecular formula is C11H10N4O3. The summed E-state index contributed by atoms with van der Waals surface area (Å²) in [6, 6.07) is 5.81. The van der Waals surface area contributed by atoms with E-state index in [0.717, 1.165) is 0 Å². The molecule has 0 fully saturated rings. The first kappa shape index (κ1) is 11.8. The van der Waals surface area contributed by atoms with Gasteiger partial charge in [0.2, 0.25) is 0 Å². The molecule has 2 rings (SSSR count). The maximum atomic E-state index is 11.7. The summed E-state index contributed by atoms with van der Waals surface area (Å²) >= 11 is 0. The minimum atomic E-state index is -1.07. The second-order valence-corrected chi connectivity index (χ2v) is 3.50. The summed E-state index contributed by atoms with van der Waals surface area (Å²) in [4.78, 5) is 26.4. The number of H-pyrrole nitrogens is 1. The fraction of sp³-hybridized carbons (Fsp3) is 0.0909. The number of benzene rings is 1. The number of amides is 1. The lowest BCUT2D eigenvalue weighted by atomic mass is 10.1. The summed E-state index contributed by atoms with van der Waals surface area (Å²) in [6.07, 6.45) is 1.34. The zero-order valence-electron chi connectivity index (χ0n) is 9.25. The topological polar surface area (TPSA) is 108 Å². The highest BCUT2D eigenvalue weighted by atomic mass is 16.4. The summed E-state index contributed by atoms with van der Waals surface area (Å²) in [5, 5.41) is 17.7. The number of carbonyl (C=O) groups excluding carboxylic acids is 1. The summed E-state index contributed by atoms with van der Waals surface area (Å²) < 4.78 is 0. The zero-order chi connectivity index (χ0) is 13.0. The van der Waals surface area contributed by atoms with Crippen LogP contribution in [0.4, 0.5) is 0 Å². The SMILES string of the molecule is O=C(O)c1cccc(C(=O)NCc2ncn[nH]2)c1. The van der Waals surface area contributed by atoms with Crippen LogP contribution in [0.25, 0.3) is 0 Å². The predicted molar refractivity (Wildman–Crippen MR) is 61.0 cm³/mol. The molecule has 7 heteroatoms. The van der Waals surface area contributed by atoms with Crippen molar-refractivity contribution in [3.63, 3.8) is 0 Å².